The van der Waals surface area contributed by atoms with Crippen LogP contribution in [0.4, 0.5) is 5.95 Å². The minimum Gasteiger partial charge on any atom is -0.545 e. The maximum atomic E-state index is 10.7. The number of carbonyl (C=O) groups excluding carboxylic acids is 1. The number of rotatable bonds is 5. The van der Waals surface area contributed by atoms with Gasteiger partial charge in [0.15, 0.2) is 0 Å². The highest BCUT2D eigenvalue weighted by molar-refractivity contribution is 5.87. The molecule has 8 heteroatoms. The van der Waals surface area contributed by atoms with Crippen molar-refractivity contribution >= 4 is 18.1 Å². The van der Waals surface area contributed by atoms with Gasteiger partial charge in [-0.25, -0.2) is 5.43 Å². The van der Waals surface area contributed by atoms with E-state index in [1.54, 1.807) is 12.1 Å². The Bertz CT molecular complexity index is 827. The number of hydrogen-bond donors (Lipinski definition) is 1. The second kappa shape index (κ2) is 6.48. The second-order valence-electron chi connectivity index (χ2n) is 4.53. The first kappa shape index (κ1) is 14.4. The number of nitrogens with zero attached hydrogens (tertiary/aromatic N) is 5. The van der Waals surface area contributed by atoms with Crippen LogP contribution in [0.1, 0.15) is 15.9 Å². The summed E-state index contributed by atoms with van der Waals surface area (Å²) in [5, 5.41) is 26.1. The lowest BCUT2D eigenvalue weighted by Gasteiger charge is -2.03. The molecule has 2 aromatic carbocycles. The van der Waals surface area contributed by atoms with Crippen LogP contribution in [0.3, 0.4) is 0 Å². The van der Waals surface area contributed by atoms with Crippen LogP contribution in [0.25, 0.3) is 5.69 Å². The van der Waals surface area contributed by atoms with E-state index in [2.05, 4.69) is 26.1 Å². The first-order chi connectivity index (χ1) is 11.2. The Kier molecular flexibility index (Phi) is 4.05. The van der Waals surface area contributed by atoms with Gasteiger partial charge in [-0.2, -0.15) is 9.78 Å². The van der Waals surface area contributed by atoms with Crippen molar-refractivity contribution in [2.24, 2.45) is 5.10 Å². The molecular formula is C15H11N6O2-. The molecule has 0 aliphatic heterocycles. The SMILES string of the molecule is O=C([O-])c1ccc(/C=N\Nc2nnnn2-c2ccccc2)cc1. The standard InChI is InChI=1S/C15H12N6O2/c22-14(23)12-8-6-11(7-9-12)10-16-17-15-18-19-20-21(15)13-4-2-1-3-5-13/h1-10H,(H,22,23)(H,17,18,20)/p-1/b16-10-. The van der Waals surface area contributed by atoms with Crippen molar-refractivity contribution in [3.63, 3.8) is 0 Å². The number of hydrazone groups is 1. The number of aromatic carboxylic acids is 1. The number of carbonyl (C=O) groups is 1. The summed E-state index contributed by atoms with van der Waals surface area (Å²) < 4.78 is 1.51. The van der Waals surface area contributed by atoms with Gasteiger partial charge in [-0.3, -0.25) is 0 Å². The van der Waals surface area contributed by atoms with Crippen molar-refractivity contribution in [2.45, 2.75) is 0 Å². The molecule has 3 aromatic rings. The lowest BCUT2D eigenvalue weighted by Crippen LogP contribution is -2.21. The topological polar surface area (TPSA) is 108 Å². The average Bonchev–Trinajstić information content (AvgIpc) is 3.05. The monoisotopic (exact) mass is 307 g/mol. The molecule has 0 spiro atoms. The molecule has 0 saturated heterocycles. The Labute approximate surface area is 131 Å². The molecule has 0 fully saturated rings. The summed E-state index contributed by atoms with van der Waals surface area (Å²) in [6.45, 7) is 0. The fraction of sp³-hybridized carbons (Fsp3) is 0. The van der Waals surface area contributed by atoms with Crippen LogP contribution in [-0.2, 0) is 0 Å². The highest BCUT2D eigenvalue weighted by Gasteiger charge is 2.05. The maximum absolute atomic E-state index is 10.7. The molecule has 23 heavy (non-hydrogen) atoms. The number of nitrogens with one attached hydrogen (secondary N) is 1. The van der Waals surface area contributed by atoms with Gasteiger partial charge in [-0.1, -0.05) is 47.6 Å². The number of carboxylic acid groups (broad SMARTS) is 1. The number of anilines is 1. The van der Waals surface area contributed by atoms with Crippen LogP contribution in [0.15, 0.2) is 59.7 Å². The minimum absolute atomic E-state index is 0.114. The molecule has 1 N–H and O–H groups in total. The highest BCUT2D eigenvalue weighted by Crippen LogP contribution is 2.10. The van der Waals surface area contributed by atoms with Crippen LogP contribution in [-0.4, -0.2) is 32.4 Å². The van der Waals surface area contributed by atoms with Crippen molar-refractivity contribution in [1.82, 2.24) is 20.2 Å². The molecule has 0 unspecified atom stereocenters. The number of aromatic nitrogens is 4. The van der Waals surface area contributed by atoms with Crippen LogP contribution in [0.2, 0.25) is 0 Å². The van der Waals surface area contributed by atoms with Crippen LogP contribution in [0, 0.1) is 0 Å². The molecule has 0 radical (unpaired) electrons. The van der Waals surface area contributed by atoms with Crippen molar-refractivity contribution in [3.05, 3.63) is 65.7 Å². The van der Waals surface area contributed by atoms with E-state index in [1.165, 1.54) is 23.0 Å². The van der Waals surface area contributed by atoms with E-state index in [0.29, 0.717) is 5.95 Å². The zero-order valence-electron chi connectivity index (χ0n) is 11.8. The van der Waals surface area contributed by atoms with E-state index in [1.807, 2.05) is 30.3 Å². The Morgan fingerprint density at radius 1 is 1.13 bits per heavy atom. The van der Waals surface area contributed by atoms with Crippen molar-refractivity contribution in [2.75, 3.05) is 5.43 Å². The van der Waals surface area contributed by atoms with Gasteiger partial charge in [-0.15, -0.1) is 0 Å². The summed E-state index contributed by atoms with van der Waals surface area (Å²) in [6.07, 6.45) is 1.53. The minimum atomic E-state index is -1.21. The van der Waals surface area contributed by atoms with Gasteiger partial charge >= 0.3 is 0 Å². The molecular weight excluding hydrogens is 296 g/mol. The number of hydrogen-bond acceptors (Lipinski definition) is 7. The average molecular weight is 307 g/mol. The molecule has 1 aromatic heterocycles. The molecule has 0 aliphatic carbocycles. The Morgan fingerprint density at radius 2 is 1.87 bits per heavy atom. The summed E-state index contributed by atoms with van der Waals surface area (Å²) in [7, 11) is 0. The predicted molar refractivity (Wildman–Crippen MR) is 81.1 cm³/mol. The lowest BCUT2D eigenvalue weighted by molar-refractivity contribution is -0.255. The third-order valence-electron chi connectivity index (χ3n) is 2.99. The molecule has 3 rings (SSSR count). The first-order valence-corrected chi connectivity index (χ1v) is 6.68. The van der Waals surface area contributed by atoms with E-state index in [9.17, 15) is 9.90 Å². The molecule has 1 heterocycles. The Morgan fingerprint density at radius 3 is 2.57 bits per heavy atom. The Hall–Kier alpha value is -3.55. The fourth-order valence-corrected chi connectivity index (χ4v) is 1.87. The summed E-state index contributed by atoms with van der Waals surface area (Å²) >= 11 is 0. The third-order valence-corrected chi connectivity index (χ3v) is 2.99. The second-order valence-corrected chi connectivity index (χ2v) is 4.53. The van der Waals surface area contributed by atoms with Crippen molar-refractivity contribution < 1.29 is 9.90 Å². The normalized spacial score (nSPS) is 10.8. The van der Waals surface area contributed by atoms with Gasteiger partial charge in [0, 0.05) is 0 Å². The molecule has 0 atom stereocenters. The number of benzene rings is 2. The summed E-state index contributed by atoms with van der Waals surface area (Å²) in [5.74, 6) is -0.854. The summed E-state index contributed by atoms with van der Waals surface area (Å²) in [5.41, 5.74) is 4.38. The van der Waals surface area contributed by atoms with E-state index in [-0.39, 0.29) is 5.56 Å². The van der Waals surface area contributed by atoms with Crippen molar-refractivity contribution in [1.29, 1.82) is 0 Å². The van der Waals surface area contributed by atoms with Gasteiger partial charge in [0.05, 0.1) is 17.9 Å². The molecule has 0 saturated carbocycles. The van der Waals surface area contributed by atoms with Gasteiger partial charge < -0.3 is 9.90 Å². The van der Waals surface area contributed by atoms with Gasteiger partial charge in [-0.05, 0) is 33.7 Å². The van der Waals surface area contributed by atoms with E-state index in [0.717, 1.165) is 11.3 Å². The Balaban J connectivity index is 1.71. The van der Waals surface area contributed by atoms with Gasteiger partial charge in [0.1, 0.15) is 0 Å². The third kappa shape index (κ3) is 3.38. The van der Waals surface area contributed by atoms with Crippen LogP contribution in [0.5, 0.6) is 0 Å². The molecule has 0 bridgehead atoms. The molecule has 0 aliphatic rings. The first-order valence-electron chi connectivity index (χ1n) is 6.68. The van der Waals surface area contributed by atoms with Crippen molar-refractivity contribution in [3.8, 4) is 5.69 Å². The fourth-order valence-electron chi connectivity index (χ4n) is 1.87. The summed E-state index contributed by atoms with van der Waals surface area (Å²) in [6, 6.07) is 15.5. The van der Waals surface area contributed by atoms with Crippen LogP contribution >= 0.6 is 0 Å². The van der Waals surface area contributed by atoms with Gasteiger partial charge in [0.25, 0.3) is 5.95 Å². The predicted octanol–water partition coefficient (Wildman–Crippen LogP) is 0.472. The smallest absolute Gasteiger partial charge is 0.268 e. The van der Waals surface area contributed by atoms with E-state index >= 15 is 0 Å². The van der Waals surface area contributed by atoms with E-state index < -0.39 is 5.97 Å². The number of tetrazole rings is 1. The summed E-state index contributed by atoms with van der Waals surface area (Å²) in [4.78, 5) is 10.7. The quantitative estimate of drug-likeness (QED) is 0.542. The number of para-hydroxylation sites is 1. The lowest BCUT2D eigenvalue weighted by atomic mass is 10.1. The van der Waals surface area contributed by atoms with Crippen LogP contribution < -0.4 is 10.5 Å². The molecule has 8 nitrogen and oxygen atoms in total. The zero-order chi connectivity index (χ0) is 16.1. The largest absolute Gasteiger partial charge is 0.545 e. The number of carboxylic acids is 1. The van der Waals surface area contributed by atoms with Gasteiger partial charge in [0.2, 0.25) is 0 Å². The maximum Gasteiger partial charge on any atom is 0.268 e. The molecule has 114 valence electrons. The highest BCUT2D eigenvalue weighted by atomic mass is 16.4. The zero-order valence-corrected chi connectivity index (χ0v) is 11.8. The van der Waals surface area contributed by atoms with E-state index in [4.69, 9.17) is 0 Å². The molecule has 0 amide bonds.